The maximum Gasteiger partial charge on any atom is 0.363 e. The SMILES string of the molecule is CCOc1cc(/C=C2\N=C(c3ccccc3Br)OC2=O)ccc1OCc1ccccc1. The quantitative estimate of drug-likeness (QED) is 0.320. The molecule has 156 valence electrons. The van der Waals surface area contributed by atoms with Gasteiger partial charge in [-0.3, -0.25) is 0 Å². The van der Waals surface area contributed by atoms with E-state index < -0.39 is 5.97 Å². The van der Waals surface area contributed by atoms with Gasteiger partial charge < -0.3 is 14.2 Å². The number of nitrogens with zero attached hydrogens (tertiary/aromatic N) is 1. The summed E-state index contributed by atoms with van der Waals surface area (Å²) >= 11 is 3.46. The average molecular weight is 478 g/mol. The molecule has 0 bridgehead atoms. The smallest absolute Gasteiger partial charge is 0.363 e. The first kappa shape index (κ1) is 20.9. The Labute approximate surface area is 189 Å². The van der Waals surface area contributed by atoms with Crippen LogP contribution in [0.15, 0.2) is 88.0 Å². The zero-order valence-electron chi connectivity index (χ0n) is 16.9. The van der Waals surface area contributed by atoms with Gasteiger partial charge in [0.15, 0.2) is 17.2 Å². The Morgan fingerprint density at radius 3 is 2.52 bits per heavy atom. The summed E-state index contributed by atoms with van der Waals surface area (Å²) in [6.07, 6.45) is 1.68. The third kappa shape index (κ3) is 5.03. The number of halogens is 1. The Balaban J connectivity index is 1.57. The van der Waals surface area contributed by atoms with Gasteiger partial charge in [-0.2, -0.15) is 0 Å². The number of cyclic esters (lactones) is 1. The van der Waals surface area contributed by atoms with Crippen LogP contribution in [0, 0.1) is 0 Å². The Bertz CT molecular complexity index is 1160. The van der Waals surface area contributed by atoms with Crippen LogP contribution in [0.1, 0.15) is 23.6 Å². The second-order valence-corrected chi connectivity index (χ2v) is 7.58. The highest BCUT2D eigenvalue weighted by molar-refractivity contribution is 9.10. The van der Waals surface area contributed by atoms with Crippen molar-refractivity contribution < 1.29 is 19.0 Å². The molecule has 0 aromatic heterocycles. The first-order valence-corrected chi connectivity index (χ1v) is 10.6. The van der Waals surface area contributed by atoms with Gasteiger partial charge in [-0.05, 0) is 64.3 Å². The van der Waals surface area contributed by atoms with Gasteiger partial charge in [0.1, 0.15) is 6.61 Å². The topological polar surface area (TPSA) is 57.1 Å². The van der Waals surface area contributed by atoms with Crippen molar-refractivity contribution in [2.75, 3.05) is 6.61 Å². The molecule has 0 unspecified atom stereocenters. The van der Waals surface area contributed by atoms with Crippen LogP contribution in [0.2, 0.25) is 0 Å². The van der Waals surface area contributed by atoms with Crippen LogP contribution < -0.4 is 9.47 Å². The van der Waals surface area contributed by atoms with Gasteiger partial charge in [0, 0.05) is 4.47 Å². The molecule has 0 saturated heterocycles. The number of carbonyl (C=O) groups excluding carboxylic acids is 1. The van der Waals surface area contributed by atoms with Crippen molar-refractivity contribution in [1.29, 1.82) is 0 Å². The van der Waals surface area contributed by atoms with E-state index in [0.717, 1.165) is 21.2 Å². The Morgan fingerprint density at radius 1 is 0.968 bits per heavy atom. The van der Waals surface area contributed by atoms with Crippen LogP contribution in [0.25, 0.3) is 6.08 Å². The molecule has 31 heavy (non-hydrogen) atoms. The standard InChI is InChI=1S/C25H20BrNO4/c1-2-29-23-15-18(12-13-22(23)30-16-17-8-4-3-5-9-17)14-21-25(28)31-24(27-21)19-10-6-7-11-20(19)26/h3-15H,2,16H2,1H3/b21-14-. The molecule has 5 nitrogen and oxygen atoms in total. The first-order chi connectivity index (χ1) is 15.1. The van der Waals surface area contributed by atoms with E-state index in [1.807, 2.05) is 79.7 Å². The monoisotopic (exact) mass is 477 g/mol. The van der Waals surface area contributed by atoms with Crippen molar-refractivity contribution in [1.82, 2.24) is 0 Å². The highest BCUT2D eigenvalue weighted by Crippen LogP contribution is 2.31. The summed E-state index contributed by atoms with van der Waals surface area (Å²) in [5.41, 5.74) is 2.78. The van der Waals surface area contributed by atoms with Gasteiger partial charge in [-0.1, -0.05) is 48.5 Å². The molecule has 1 aliphatic rings. The normalized spacial score (nSPS) is 14.3. The Morgan fingerprint density at radius 2 is 1.74 bits per heavy atom. The van der Waals surface area contributed by atoms with Gasteiger partial charge >= 0.3 is 5.97 Å². The number of esters is 1. The number of rotatable bonds is 7. The van der Waals surface area contributed by atoms with Crippen molar-refractivity contribution in [3.8, 4) is 11.5 Å². The fourth-order valence-electron chi connectivity index (χ4n) is 3.05. The third-order valence-electron chi connectivity index (χ3n) is 4.53. The fraction of sp³-hybridized carbons (Fsp3) is 0.120. The van der Waals surface area contributed by atoms with E-state index >= 15 is 0 Å². The van der Waals surface area contributed by atoms with Crippen LogP contribution in [-0.2, 0) is 16.1 Å². The summed E-state index contributed by atoms with van der Waals surface area (Å²) in [7, 11) is 0. The summed E-state index contributed by atoms with van der Waals surface area (Å²) in [5, 5.41) is 0. The molecule has 0 fully saturated rings. The summed E-state index contributed by atoms with van der Waals surface area (Å²) < 4.78 is 17.9. The van der Waals surface area contributed by atoms with E-state index in [4.69, 9.17) is 14.2 Å². The van der Waals surface area contributed by atoms with Crippen LogP contribution in [0.4, 0.5) is 0 Å². The molecular weight excluding hydrogens is 458 g/mol. The highest BCUT2D eigenvalue weighted by atomic mass is 79.9. The molecule has 0 amide bonds. The van der Waals surface area contributed by atoms with Gasteiger partial charge in [-0.15, -0.1) is 0 Å². The maximum absolute atomic E-state index is 12.3. The minimum absolute atomic E-state index is 0.228. The first-order valence-electron chi connectivity index (χ1n) is 9.85. The van der Waals surface area contributed by atoms with Gasteiger partial charge in [0.25, 0.3) is 0 Å². The second kappa shape index (κ2) is 9.62. The minimum atomic E-state index is -0.492. The molecule has 0 aliphatic carbocycles. The van der Waals surface area contributed by atoms with Crippen LogP contribution in [0.3, 0.4) is 0 Å². The van der Waals surface area contributed by atoms with Gasteiger partial charge in [0.2, 0.25) is 5.90 Å². The number of benzene rings is 3. The maximum atomic E-state index is 12.3. The van der Waals surface area contributed by atoms with Crippen LogP contribution in [0.5, 0.6) is 11.5 Å². The second-order valence-electron chi connectivity index (χ2n) is 6.73. The number of ether oxygens (including phenoxy) is 3. The van der Waals surface area contributed by atoms with Gasteiger partial charge in [0.05, 0.1) is 12.2 Å². The predicted molar refractivity (Wildman–Crippen MR) is 123 cm³/mol. The lowest BCUT2D eigenvalue weighted by Gasteiger charge is -2.12. The largest absolute Gasteiger partial charge is 0.490 e. The molecule has 6 heteroatoms. The van der Waals surface area contributed by atoms with E-state index in [1.54, 1.807) is 6.08 Å². The van der Waals surface area contributed by atoms with E-state index in [1.165, 1.54) is 0 Å². The Kier molecular flexibility index (Phi) is 6.48. The highest BCUT2D eigenvalue weighted by Gasteiger charge is 2.25. The third-order valence-corrected chi connectivity index (χ3v) is 5.22. The van der Waals surface area contributed by atoms with E-state index in [2.05, 4.69) is 20.9 Å². The lowest BCUT2D eigenvalue weighted by atomic mass is 10.1. The molecule has 4 rings (SSSR count). The van der Waals surface area contributed by atoms with E-state index in [0.29, 0.717) is 24.7 Å². The van der Waals surface area contributed by atoms with E-state index in [9.17, 15) is 4.79 Å². The molecule has 1 aliphatic heterocycles. The fourth-order valence-corrected chi connectivity index (χ4v) is 3.51. The summed E-state index contributed by atoms with van der Waals surface area (Å²) in [4.78, 5) is 16.7. The molecule has 3 aromatic rings. The zero-order chi connectivity index (χ0) is 21.6. The van der Waals surface area contributed by atoms with Crippen molar-refractivity contribution in [2.45, 2.75) is 13.5 Å². The minimum Gasteiger partial charge on any atom is -0.490 e. The molecular formula is C25H20BrNO4. The van der Waals surface area contributed by atoms with Crippen molar-refractivity contribution in [2.24, 2.45) is 4.99 Å². The van der Waals surface area contributed by atoms with Crippen LogP contribution >= 0.6 is 15.9 Å². The molecule has 0 radical (unpaired) electrons. The lowest BCUT2D eigenvalue weighted by molar-refractivity contribution is -0.129. The summed E-state index contributed by atoms with van der Waals surface area (Å²) in [6, 6.07) is 22.9. The van der Waals surface area contributed by atoms with Crippen molar-refractivity contribution >= 4 is 33.9 Å². The molecule has 0 saturated carbocycles. The number of aliphatic imine (C=N–C) groups is 1. The predicted octanol–water partition coefficient (Wildman–Crippen LogP) is 5.77. The van der Waals surface area contributed by atoms with E-state index in [-0.39, 0.29) is 11.6 Å². The summed E-state index contributed by atoms with van der Waals surface area (Å²) in [6.45, 7) is 2.84. The Hall–Kier alpha value is -3.38. The number of hydrogen-bond donors (Lipinski definition) is 0. The molecule has 0 spiro atoms. The lowest BCUT2D eigenvalue weighted by Crippen LogP contribution is -2.05. The number of carbonyl (C=O) groups is 1. The summed E-state index contributed by atoms with van der Waals surface area (Å²) in [5.74, 6) is 1.03. The average Bonchev–Trinajstić information content (AvgIpc) is 3.14. The van der Waals surface area contributed by atoms with Gasteiger partial charge in [-0.25, -0.2) is 9.79 Å². The molecule has 0 atom stereocenters. The number of hydrogen-bond acceptors (Lipinski definition) is 5. The van der Waals surface area contributed by atoms with Crippen molar-refractivity contribution in [3.63, 3.8) is 0 Å². The van der Waals surface area contributed by atoms with Crippen LogP contribution in [-0.4, -0.2) is 18.5 Å². The molecule has 1 heterocycles. The zero-order valence-corrected chi connectivity index (χ0v) is 18.5. The molecule has 0 N–H and O–H groups in total. The molecule has 3 aromatic carbocycles. The van der Waals surface area contributed by atoms with Crippen molar-refractivity contribution in [3.05, 3.63) is 99.7 Å².